The first kappa shape index (κ1) is 13.4. The Morgan fingerprint density at radius 1 is 0.773 bits per heavy atom. The molecule has 110 valence electrons. The molecule has 0 spiro atoms. The van der Waals surface area contributed by atoms with E-state index in [0.717, 1.165) is 19.6 Å². The molecule has 0 amide bonds. The highest BCUT2D eigenvalue weighted by molar-refractivity contribution is 5.30. The molecule has 0 fully saturated rings. The summed E-state index contributed by atoms with van der Waals surface area (Å²) in [6.07, 6.45) is 2.20. The number of benzene rings is 2. The summed E-state index contributed by atoms with van der Waals surface area (Å²) in [5.74, 6) is 0. The molecule has 1 aromatic heterocycles. The first-order valence-corrected chi connectivity index (χ1v) is 7.90. The van der Waals surface area contributed by atoms with Gasteiger partial charge in [-0.25, -0.2) is 0 Å². The van der Waals surface area contributed by atoms with E-state index in [-0.39, 0.29) is 0 Å². The maximum Gasteiger partial charge on any atom is 0.0759 e. The summed E-state index contributed by atoms with van der Waals surface area (Å²) in [4.78, 5) is 2.58. The normalized spacial score (nSPS) is 18.1. The number of hydrogen-bond donors (Lipinski definition) is 0. The van der Waals surface area contributed by atoms with Gasteiger partial charge in [-0.3, -0.25) is 4.90 Å². The fourth-order valence-electron chi connectivity index (χ4n) is 3.44. The molecule has 0 aliphatic carbocycles. The van der Waals surface area contributed by atoms with Crippen molar-refractivity contribution in [3.63, 3.8) is 0 Å². The zero-order chi connectivity index (χ0) is 14.8. The number of aromatic nitrogens is 1. The second-order valence-corrected chi connectivity index (χ2v) is 5.90. The van der Waals surface area contributed by atoms with E-state index in [0.29, 0.717) is 6.04 Å². The van der Waals surface area contributed by atoms with Gasteiger partial charge in [-0.1, -0.05) is 60.7 Å². The van der Waals surface area contributed by atoms with Crippen LogP contribution < -0.4 is 0 Å². The van der Waals surface area contributed by atoms with Crippen LogP contribution in [0.3, 0.4) is 0 Å². The van der Waals surface area contributed by atoms with E-state index in [1.165, 1.54) is 16.8 Å². The van der Waals surface area contributed by atoms with Crippen molar-refractivity contribution in [3.8, 4) is 0 Å². The molecule has 1 aliphatic heterocycles. The van der Waals surface area contributed by atoms with E-state index in [1.54, 1.807) is 0 Å². The van der Waals surface area contributed by atoms with Crippen molar-refractivity contribution in [1.29, 1.82) is 0 Å². The fraction of sp³-hybridized carbons (Fsp3) is 0.200. The minimum atomic E-state index is 0.338. The molecule has 2 nitrogen and oxygen atoms in total. The number of nitrogens with zero attached hydrogens (tertiary/aromatic N) is 2. The summed E-state index contributed by atoms with van der Waals surface area (Å²) < 4.78 is 2.39. The van der Waals surface area contributed by atoms with Crippen LogP contribution in [0, 0.1) is 0 Å². The van der Waals surface area contributed by atoms with Crippen LogP contribution in [0.4, 0.5) is 0 Å². The molecule has 0 saturated carbocycles. The van der Waals surface area contributed by atoms with Gasteiger partial charge in [0.15, 0.2) is 0 Å². The second kappa shape index (κ2) is 5.82. The molecule has 1 atom stereocenters. The van der Waals surface area contributed by atoms with Crippen molar-refractivity contribution in [2.24, 2.45) is 0 Å². The van der Waals surface area contributed by atoms with Crippen LogP contribution >= 0.6 is 0 Å². The predicted octanol–water partition coefficient (Wildman–Crippen LogP) is 4.09. The van der Waals surface area contributed by atoms with Crippen LogP contribution in [0.25, 0.3) is 0 Å². The first-order valence-electron chi connectivity index (χ1n) is 7.90. The van der Waals surface area contributed by atoms with Gasteiger partial charge in [0, 0.05) is 31.5 Å². The van der Waals surface area contributed by atoms with E-state index >= 15 is 0 Å². The molecule has 2 aromatic carbocycles. The summed E-state index contributed by atoms with van der Waals surface area (Å²) in [5, 5.41) is 0. The summed E-state index contributed by atoms with van der Waals surface area (Å²) in [6, 6.07) is 26.4. The van der Waals surface area contributed by atoms with Crippen LogP contribution in [0.15, 0.2) is 79.0 Å². The molecule has 22 heavy (non-hydrogen) atoms. The van der Waals surface area contributed by atoms with Gasteiger partial charge in [-0.05, 0) is 23.3 Å². The average molecular weight is 288 g/mol. The van der Waals surface area contributed by atoms with E-state index in [1.807, 2.05) is 0 Å². The Morgan fingerprint density at radius 2 is 1.50 bits per heavy atom. The minimum absolute atomic E-state index is 0.338. The Bertz CT molecular complexity index is 731. The molecule has 0 saturated heterocycles. The van der Waals surface area contributed by atoms with E-state index in [9.17, 15) is 0 Å². The fourth-order valence-corrected chi connectivity index (χ4v) is 3.44. The Morgan fingerprint density at radius 3 is 2.27 bits per heavy atom. The highest BCUT2D eigenvalue weighted by atomic mass is 15.2. The molecule has 0 N–H and O–H groups in total. The monoisotopic (exact) mass is 288 g/mol. The Labute approximate surface area is 131 Å². The highest BCUT2D eigenvalue weighted by Crippen LogP contribution is 2.33. The van der Waals surface area contributed by atoms with Gasteiger partial charge in [-0.2, -0.15) is 0 Å². The zero-order valence-electron chi connectivity index (χ0n) is 12.6. The van der Waals surface area contributed by atoms with Gasteiger partial charge >= 0.3 is 0 Å². The van der Waals surface area contributed by atoms with Crippen molar-refractivity contribution in [2.75, 3.05) is 6.54 Å². The van der Waals surface area contributed by atoms with E-state index in [2.05, 4.69) is 88.5 Å². The smallest absolute Gasteiger partial charge is 0.0759 e. The predicted molar refractivity (Wildman–Crippen MR) is 89.6 cm³/mol. The third kappa shape index (κ3) is 2.46. The first-order chi connectivity index (χ1) is 10.9. The lowest BCUT2D eigenvalue weighted by molar-refractivity contribution is 0.174. The Balaban J connectivity index is 1.71. The zero-order valence-corrected chi connectivity index (χ0v) is 12.6. The lowest BCUT2D eigenvalue weighted by atomic mass is 9.99. The maximum absolute atomic E-state index is 2.58. The lowest BCUT2D eigenvalue weighted by Gasteiger charge is -2.37. The SMILES string of the molecule is c1ccc(CN2CCn3cccc3C2c2ccccc2)cc1. The number of hydrogen-bond acceptors (Lipinski definition) is 1. The van der Waals surface area contributed by atoms with Crippen LogP contribution in [0.1, 0.15) is 22.9 Å². The summed E-state index contributed by atoms with van der Waals surface area (Å²) in [7, 11) is 0. The average Bonchev–Trinajstić information content (AvgIpc) is 3.05. The van der Waals surface area contributed by atoms with Gasteiger partial charge in [0.1, 0.15) is 0 Å². The second-order valence-electron chi connectivity index (χ2n) is 5.90. The van der Waals surface area contributed by atoms with Crippen LogP contribution in [-0.2, 0) is 13.1 Å². The largest absolute Gasteiger partial charge is 0.348 e. The standard InChI is InChI=1S/C20H20N2/c1-3-8-17(9-4-1)16-22-15-14-21-13-7-12-19(21)20(22)18-10-5-2-6-11-18/h1-13,20H,14-16H2. The van der Waals surface area contributed by atoms with Gasteiger partial charge in [-0.15, -0.1) is 0 Å². The third-order valence-corrected chi connectivity index (χ3v) is 4.48. The van der Waals surface area contributed by atoms with E-state index < -0.39 is 0 Å². The number of fused-ring (bicyclic) bond motifs is 1. The molecule has 0 radical (unpaired) electrons. The molecule has 2 heteroatoms. The molecular formula is C20H20N2. The Kier molecular flexibility index (Phi) is 3.53. The topological polar surface area (TPSA) is 8.17 Å². The maximum atomic E-state index is 2.58. The summed E-state index contributed by atoms with van der Waals surface area (Å²) in [6.45, 7) is 3.14. The number of rotatable bonds is 3. The van der Waals surface area contributed by atoms with Crippen molar-refractivity contribution >= 4 is 0 Å². The molecule has 2 heterocycles. The minimum Gasteiger partial charge on any atom is -0.348 e. The molecule has 3 aromatic rings. The molecular weight excluding hydrogens is 268 g/mol. The van der Waals surface area contributed by atoms with Crippen LogP contribution in [0.5, 0.6) is 0 Å². The van der Waals surface area contributed by atoms with Crippen molar-refractivity contribution in [2.45, 2.75) is 19.1 Å². The third-order valence-electron chi connectivity index (χ3n) is 4.48. The summed E-state index contributed by atoms with van der Waals surface area (Å²) >= 11 is 0. The van der Waals surface area contributed by atoms with Crippen LogP contribution in [-0.4, -0.2) is 16.0 Å². The molecule has 0 bridgehead atoms. The van der Waals surface area contributed by atoms with Crippen molar-refractivity contribution in [1.82, 2.24) is 9.47 Å². The lowest BCUT2D eigenvalue weighted by Crippen LogP contribution is -2.37. The van der Waals surface area contributed by atoms with E-state index in [4.69, 9.17) is 0 Å². The van der Waals surface area contributed by atoms with Crippen molar-refractivity contribution in [3.05, 3.63) is 95.8 Å². The molecule has 4 rings (SSSR count). The quantitative estimate of drug-likeness (QED) is 0.704. The van der Waals surface area contributed by atoms with Gasteiger partial charge < -0.3 is 4.57 Å². The van der Waals surface area contributed by atoms with Gasteiger partial charge in [0.25, 0.3) is 0 Å². The van der Waals surface area contributed by atoms with Crippen LogP contribution in [0.2, 0.25) is 0 Å². The molecule has 1 unspecified atom stereocenters. The highest BCUT2D eigenvalue weighted by Gasteiger charge is 2.28. The van der Waals surface area contributed by atoms with Crippen molar-refractivity contribution < 1.29 is 0 Å². The van der Waals surface area contributed by atoms with Gasteiger partial charge in [0.2, 0.25) is 0 Å². The molecule has 1 aliphatic rings. The Hall–Kier alpha value is -2.32. The summed E-state index contributed by atoms with van der Waals surface area (Å²) in [5.41, 5.74) is 4.15. The van der Waals surface area contributed by atoms with Gasteiger partial charge in [0.05, 0.1) is 6.04 Å².